The van der Waals surface area contributed by atoms with Gasteiger partial charge in [-0.1, -0.05) is 0 Å². The topological polar surface area (TPSA) is 89.7 Å². The normalized spacial score (nSPS) is 18.7. The van der Waals surface area contributed by atoms with Gasteiger partial charge in [-0.25, -0.2) is 0 Å². The van der Waals surface area contributed by atoms with Crippen LogP contribution in [0.3, 0.4) is 0 Å². The number of nitrogens with zero attached hydrogens (tertiary/aromatic N) is 1. The van der Waals surface area contributed by atoms with E-state index < -0.39 is 29.3 Å². The van der Waals surface area contributed by atoms with Crippen molar-refractivity contribution in [2.75, 3.05) is 6.54 Å². The molecule has 3 rings (SSSR count). The molecule has 1 heterocycles. The molecule has 6 nitrogen and oxygen atoms in total. The Balaban J connectivity index is 2.28. The van der Waals surface area contributed by atoms with Gasteiger partial charge in [-0.3, -0.25) is 0 Å². The summed E-state index contributed by atoms with van der Waals surface area (Å²) in [5.41, 5.74) is 0.906. The molecule has 1 aliphatic rings. The predicted molar refractivity (Wildman–Crippen MR) is 82.6 cm³/mol. The summed E-state index contributed by atoms with van der Waals surface area (Å²) in [4.78, 5) is 22.6. The molecule has 1 aliphatic heterocycles. The number of hydrogen-bond acceptors (Lipinski definition) is 4. The van der Waals surface area contributed by atoms with Crippen LogP contribution in [0.15, 0.2) is 36.4 Å². The number of rotatable bonds is 3. The van der Waals surface area contributed by atoms with Gasteiger partial charge in [0.15, 0.2) is 0 Å². The molecule has 0 unspecified atom stereocenters. The van der Waals surface area contributed by atoms with Crippen molar-refractivity contribution in [3.8, 4) is 11.5 Å². The van der Waals surface area contributed by atoms with E-state index in [9.17, 15) is 20.0 Å². The van der Waals surface area contributed by atoms with Crippen LogP contribution >= 0.6 is 11.6 Å². The number of hydrogen-bond donors (Lipinski definition) is 1. The third-order valence-corrected chi connectivity index (χ3v) is 5.09. The number of ether oxygens (including phenoxy) is 1. The maximum atomic E-state index is 12.0. The zero-order valence-corrected chi connectivity index (χ0v) is 15.9. The number of nitro groups is 1. The Morgan fingerprint density at radius 3 is 2.58 bits per heavy atom. The number of carboxylic acid groups (broad SMARTS) is 1. The summed E-state index contributed by atoms with van der Waals surface area (Å²) in [6.07, 6.45) is 0. The molecule has 1 N–H and O–H groups in total. The van der Waals surface area contributed by atoms with E-state index in [0.717, 1.165) is 33.3 Å². The Morgan fingerprint density at radius 1 is 1.25 bits per heavy atom. The van der Waals surface area contributed by atoms with Crippen LogP contribution < -0.4 is 7.11 Å². The Kier molecular flexibility index (Phi) is 4.90. The van der Waals surface area contributed by atoms with Crippen molar-refractivity contribution in [2.45, 2.75) is 11.8 Å². The molecule has 0 aromatic heterocycles. The molecular formula is C16H11ClNO5Y. The van der Waals surface area contributed by atoms with Crippen LogP contribution in [0.4, 0.5) is 0 Å². The van der Waals surface area contributed by atoms with Crippen molar-refractivity contribution in [1.82, 2.24) is 0 Å². The van der Waals surface area contributed by atoms with Gasteiger partial charge in [-0.15, -0.1) is 0 Å². The molecule has 2 aromatic rings. The predicted octanol–water partition coefficient (Wildman–Crippen LogP) is 2.85. The Morgan fingerprint density at radius 2 is 1.92 bits per heavy atom. The third kappa shape index (κ3) is 3.32. The molecule has 0 amide bonds. The Labute approximate surface area is 162 Å². The molecule has 24 heavy (non-hydrogen) atoms. The van der Waals surface area contributed by atoms with Crippen LogP contribution in [0.25, 0.3) is 0 Å². The van der Waals surface area contributed by atoms with Crippen LogP contribution in [0.5, 0.6) is 11.5 Å². The molecule has 120 valence electrons. The summed E-state index contributed by atoms with van der Waals surface area (Å²) in [5.74, 6) is -2.27. The fourth-order valence-corrected chi connectivity index (χ4v) is 3.85. The minimum absolute atomic E-state index is 0.354. The van der Waals surface area contributed by atoms with Gasteiger partial charge < -0.3 is 0 Å². The number of carboxylic acids is 1. The van der Waals surface area contributed by atoms with Crippen molar-refractivity contribution >= 4 is 19.9 Å². The Bertz CT molecular complexity index is 841. The zero-order chi connectivity index (χ0) is 17.4. The van der Waals surface area contributed by atoms with E-state index in [1.54, 1.807) is 24.3 Å². The molecule has 0 saturated heterocycles. The summed E-state index contributed by atoms with van der Waals surface area (Å²) in [6, 6.07) is 10.1. The average Bonchev–Trinajstić information content (AvgIpc) is 2.61. The zero-order valence-electron chi connectivity index (χ0n) is 12.3. The summed E-state index contributed by atoms with van der Waals surface area (Å²) >= 11 is 6.83. The van der Waals surface area contributed by atoms with Gasteiger partial charge in [0.1, 0.15) is 0 Å². The number of aliphatic carboxylic acids is 1. The number of carbonyl (C=O) groups is 1. The molecule has 0 spiro atoms. The first-order valence-corrected chi connectivity index (χ1v) is 8.88. The van der Waals surface area contributed by atoms with Gasteiger partial charge in [0.25, 0.3) is 0 Å². The molecule has 2 aromatic carbocycles. The average molecular weight is 422 g/mol. The molecule has 0 saturated carbocycles. The molecule has 0 bridgehead atoms. The monoisotopic (exact) mass is 421 g/mol. The van der Waals surface area contributed by atoms with Gasteiger partial charge in [0, 0.05) is 0 Å². The van der Waals surface area contributed by atoms with Crippen molar-refractivity contribution in [1.29, 1.82) is 0 Å². The van der Waals surface area contributed by atoms with Crippen molar-refractivity contribution in [3.05, 3.63) is 62.7 Å². The second-order valence-corrected chi connectivity index (χ2v) is 7.59. The molecule has 8 heteroatoms. The van der Waals surface area contributed by atoms with Crippen LogP contribution in [0.1, 0.15) is 23.0 Å². The molecule has 2 atom stereocenters. The van der Waals surface area contributed by atoms with Crippen LogP contribution in [-0.4, -0.2) is 22.5 Å². The van der Waals surface area contributed by atoms with Gasteiger partial charge >= 0.3 is 163 Å². The van der Waals surface area contributed by atoms with Gasteiger partial charge in [-0.05, 0) is 0 Å². The minimum atomic E-state index is -1.14. The Hall–Kier alpha value is -1.50. The van der Waals surface area contributed by atoms with E-state index in [2.05, 4.69) is 0 Å². The quantitative estimate of drug-likeness (QED) is 0.608. The van der Waals surface area contributed by atoms with Crippen molar-refractivity contribution < 1.29 is 50.5 Å². The van der Waals surface area contributed by atoms with Crippen LogP contribution in [0, 0.1) is 10.1 Å². The molecule has 0 aliphatic carbocycles. The van der Waals surface area contributed by atoms with Crippen molar-refractivity contribution in [2.24, 2.45) is 0 Å². The second-order valence-electron chi connectivity index (χ2n) is 5.52. The number of halogens is 1. The van der Waals surface area contributed by atoms with Crippen LogP contribution in [-0.2, 0) is 35.7 Å². The maximum absolute atomic E-state index is 12.0. The van der Waals surface area contributed by atoms with E-state index in [0.29, 0.717) is 27.6 Å². The SMILES string of the molecule is O=C(O)[C@@H]1c2cc(Cl)ccc2Oc2cc[c]([Y])cc2[C@H]1C[N+](=O)[O-]. The van der Waals surface area contributed by atoms with E-state index in [-0.39, 0.29) is 0 Å². The first-order chi connectivity index (χ1) is 11.4. The summed E-state index contributed by atoms with van der Waals surface area (Å²) in [7, 11) is 0. The van der Waals surface area contributed by atoms with E-state index in [4.69, 9.17) is 16.3 Å². The van der Waals surface area contributed by atoms with Crippen LogP contribution in [0.2, 0.25) is 5.02 Å². The van der Waals surface area contributed by atoms with Crippen molar-refractivity contribution in [3.63, 3.8) is 0 Å². The molecule has 0 radical (unpaired) electrons. The van der Waals surface area contributed by atoms with E-state index >= 15 is 0 Å². The summed E-state index contributed by atoms with van der Waals surface area (Å²) in [6.45, 7) is -0.497. The van der Waals surface area contributed by atoms with E-state index in [1.165, 1.54) is 6.07 Å². The summed E-state index contributed by atoms with van der Waals surface area (Å²) in [5, 5.41) is 21.3. The fourth-order valence-electron chi connectivity index (χ4n) is 2.99. The number of benzene rings is 2. The standard InChI is InChI=1S/C16H11ClNO5.Y/c17-9-5-6-14-11(7-9)15(16(19)20)12(8-18(21)22)10-3-1-2-4-13(10)23-14;/h2-7,12,15H,8H2,(H,19,20);/t12-,15-;/m1./s1. The third-order valence-electron chi connectivity index (χ3n) is 3.97. The van der Waals surface area contributed by atoms with Gasteiger partial charge in [0.2, 0.25) is 0 Å². The van der Waals surface area contributed by atoms with Gasteiger partial charge in [0.05, 0.1) is 0 Å². The molecular weight excluding hydrogens is 411 g/mol. The molecule has 0 fully saturated rings. The first-order valence-electron chi connectivity index (χ1n) is 7.08. The first kappa shape index (κ1) is 17.3. The van der Waals surface area contributed by atoms with Gasteiger partial charge in [-0.2, -0.15) is 0 Å². The number of fused-ring (bicyclic) bond motifs is 2. The fraction of sp³-hybridized carbons (Fsp3) is 0.188. The second kappa shape index (κ2) is 6.78. The van der Waals surface area contributed by atoms with E-state index in [1.807, 2.05) is 6.07 Å². The summed E-state index contributed by atoms with van der Waals surface area (Å²) < 4.78 is 6.88.